The fourth-order valence-corrected chi connectivity index (χ4v) is 4.42. The smallest absolute Gasteiger partial charge is 0.337 e. The van der Waals surface area contributed by atoms with Crippen LogP contribution in [0.15, 0.2) is 0 Å². The highest BCUT2D eigenvalue weighted by Crippen LogP contribution is 2.20. The molecule has 0 aliphatic rings. The molecule has 0 aromatic carbocycles. The lowest BCUT2D eigenvalue weighted by molar-refractivity contribution is 0.146. The Morgan fingerprint density at radius 1 is 0.938 bits per heavy atom. The first-order valence-corrected chi connectivity index (χ1v) is 9.15. The normalized spacial score (nSPS) is 14.1. The maximum absolute atomic E-state index is 6.16. The van der Waals surface area contributed by atoms with Crippen LogP contribution in [0.1, 0.15) is 53.9 Å². The van der Waals surface area contributed by atoms with E-state index in [9.17, 15) is 0 Å². The molecule has 2 nitrogen and oxygen atoms in total. The molecular formula is C13H30O2Si. The van der Waals surface area contributed by atoms with Crippen LogP contribution in [-0.4, -0.2) is 21.8 Å². The van der Waals surface area contributed by atoms with E-state index in [0.29, 0.717) is 5.92 Å². The van der Waals surface area contributed by atoms with E-state index < -0.39 is 8.56 Å². The topological polar surface area (TPSA) is 18.5 Å². The summed E-state index contributed by atoms with van der Waals surface area (Å²) in [7, 11) is -1.86. The monoisotopic (exact) mass is 246 g/mol. The zero-order valence-corrected chi connectivity index (χ0v) is 12.8. The van der Waals surface area contributed by atoms with Crippen molar-refractivity contribution < 1.29 is 8.85 Å². The predicted octanol–water partition coefficient (Wildman–Crippen LogP) is 4.35. The second-order valence-electron chi connectivity index (χ2n) is 4.67. The predicted molar refractivity (Wildman–Crippen MR) is 73.0 cm³/mol. The van der Waals surface area contributed by atoms with Crippen LogP contribution in [0.25, 0.3) is 0 Å². The lowest BCUT2D eigenvalue weighted by Gasteiger charge is -2.30. The Morgan fingerprint density at radius 2 is 1.56 bits per heavy atom. The zero-order valence-electron chi connectivity index (χ0n) is 11.8. The molecule has 0 fully saturated rings. The van der Waals surface area contributed by atoms with Crippen molar-refractivity contribution in [3.05, 3.63) is 0 Å². The fourth-order valence-electron chi connectivity index (χ4n) is 1.86. The number of hydrogen-bond acceptors (Lipinski definition) is 2. The molecule has 1 unspecified atom stereocenters. The molecule has 0 saturated heterocycles. The second kappa shape index (κ2) is 9.20. The quantitative estimate of drug-likeness (QED) is 0.534. The second-order valence-corrected chi connectivity index (χ2v) is 8.48. The Hall–Kier alpha value is 0.137. The minimum Gasteiger partial charge on any atom is -0.394 e. The van der Waals surface area contributed by atoms with Crippen LogP contribution >= 0.6 is 0 Å². The van der Waals surface area contributed by atoms with Crippen molar-refractivity contribution in [1.29, 1.82) is 0 Å². The SMILES string of the molecule is CCCO[Si](CC)(CC)OCC(C)CCC. The lowest BCUT2D eigenvalue weighted by Crippen LogP contribution is -2.42. The number of rotatable bonds is 10. The van der Waals surface area contributed by atoms with Crippen LogP contribution in [0.5, 0.6) is 0 Å². The van der Waals surface area contributed by atoms with Crippen molar-refractivity contribution in [2.75, 3.05) is 13.2 Å². The van der Waals surface area contributed by atoms with Crippen molar-refractivity contribution >= 4 is 8.56 Å². The Kier molecular flexibility index (Phi) is 9.28. The van der Waals surface area contributed by atoms with Gasteiger partial charge in [-0.25, -0.2) is 0 Å². The molecule has 0 heterocycles. The Morgan fingerprint density at radius 3 is 2.00 bits per heavy atom. The van der Waals surface area contributed by atoms with Crippen molar-refractivity contribution in [3.63, 3.8) is 0 Å². The summed E-state index contributed by atoms with van der Waals surface area (Å²) >= 11 is 0. The molecule has 0 bridgehead atoms. The van der Waals surface area contributed by atoms with Crippen molar-refractivity contribution in [3.8, 4) is 0 Å². The van der Waals surface area contributed by atoms with Gasteiger partial charge in [0.1, 0.15) is 0 Å². The highest BCUT2D eigenvalue weighted by atomic mass is 28.4. The van der Waals surface area contributed by atoms with E-state index in [4.69, 9.17) is 8.85 Å². The van der Waals surface area contributed by atoms with Crippen LogP contribution in [0.4, 0.5) is 0 Å². The van der Waals surface area contributed by atoms with E-state index in [1.807, 2.05) is 0 Å². The minimum atomic E-state index is -1.86. The van der Waals surface area contributed by atoms with Crippen LogP contribution in [-0.2, 0) is 8.85 Å². The summed E-state index contributed by atoms with van der Waals surface area (Å²) < 4.78 is 12.2. The summed E-state index contributed by atoms with van der Waals surface area (Å²) in [6.45, 7) is 12.8. The molecule has 0 amide bonds. The van der Waals surface area contributed by atoms with Crippen LogP contribution in [0.3, 0.4) is 0 Å². The molecule has 0 N–H and O–H groups in total. The Labute approximate surface area is 103 Å². The first-order valence-electron chi connectivity index (χ1n) is 6.91. The first-order chi connectivity index (χ1) is 7.64. The van der Waals surface area contributed by atoms with Gasteiger partial charge in [-0.15, -0.1) is 0 Å². The van der Waals surface area contributed by atoms with Crippen molar-refractivity contribution in [1.82, 2.24) is 0 Å². The Balaban J connectivity index is 4.09. The van der Waals surface area contributed by atoms with Gasteiger partial charge in [0.2, 0.25) is 0 Å². The van der Waals surface area contributed by atoms with E-state index in [2.05, 4.69) is 34.6 Å². The standard InChI is InChI=1S/C13H30O2Si/c1-6-10-13(5)12-15-16(8-3,9-4)14-11-7-2/h13H,6-12H2,1-5H3. The van der Waals surface area contributed by atoms with Gasteiger partial charge in [0.15, 0.2) is 0 Å². The lowest BCUT2D eigenvalue weighted by atomic mass is 10.1. The van der Waals surface area contributed by atoms with Gasteiger partial charge in [0.05, 0.1) is 0 Å². The van der Waals surface area contributed by atoms with E-state index >= 15 is 0 Å². The third-order valence-corrected chi connectivity index (χ3v) is 6.64. The molecule has 1 atom stereocenters. The first kappa shape index (κ1) is 16.1. The third kappa shape index (κ3) is 6.02. The largest absolute Gasteiger partial charge is 0.394 e. The van der Waals surface area contributed by atoms with E-state index in [0.717, 1.165) is 31.7 Å². The maximum Gasteiger partial charge on any atom is 0.337 e. The molecular weight excluding hydrogens is 216 g/mol. The van der Waals surface area contributed by atoms with E-state index in [1.54, 1.807) is 0 Å². The molecule has 0 saturated carbocycles. The molecule has 0 aromatic rings. The van der Waals surface area contributed by atoms with Gasteiger partial charge in [-0.1, -0.05) is 41.0 Å². The summed E-state index contributed by atoms with van der Waals surface area (Å²) in [6.07, 6.45) is 3.58. The average Bonchev–Trinajstić information content (AvgIpc) is 2.31. The van der Waals surface area contributed by atoms with Crippen molar-refractivity contribution in [2.24, 2.45) is 5.92 Å². The maximum atomic E-state index is 6.16. The third-order valence-electron chi connectivity index (χ3n) is 3.06. The van der Waals surface area contributed by atoms with E-state index in [-0.39, 0.29) is 0 Å². The summed E-state index contributed by atoms with van der Waals surface area (Å²) in [5, 5.41) is 0. The summed E-state index contributed by atoms with van der Waals surface area (Å²) in [5.74, 6) is 0.667. The summed E-state index contributed by atoms with van der Waals surface area (Å²) in [4.78, 5) is 0. The van der Waals surface area contributed by atoms with Crippen LogP contribution < -0.4 is 0 Å². The fraction of sp³-hybridized carbons (Fsp3) is 1.00. The highest BCUT2D eigenvalue weighted by Gasteiger charge is 2.33. The molecule has 0 rings (SSSR count). The van der Waals surface area contributed by atoms with Crippen molar-refractivity contribution in [2.45, 2.75) is 66.0 Å². The van der Waals surface area contributed by atoms with Crippen LogP contribution in [0, 0.1) is 5.92 Å². The average molecular weight is 246 g/mol. The zero-order chi connectivity index (χ0) is 12.4. The van der Waals surface area contributed by atoms with Gasteiger partial charge in [-0.05, 0) is 30.8 Å². The van der Waals surface area contributed by atoms with Gasteiger partial charge < -0.3 is 8.85 Å². The van der Waals surface area contributed by atoms with Gasteiger partial charge in [0, 0.05) is 13.2 Å². The summed E-state index contributed by atoms with van der Waals surface area (Å²) in [5.41, 5.74) is 0. The molecule has 0 aromatic heterocycles. The minimum absolute atomic E-state index is 0.667. The number of hydrogen-bond donors (Lipinski definition) is 0. The molecule has 98 valence electrons. The molecule has 0 radical (unpaired) electrons. The van der Waals surface area contributed by atoms with E-state index in [1.165, 1.54) is 12.8 Å². The van der Waals surface area contributed by atoms with Gasteiger partial charge in [0.25, 0.3) is 0 Å². The van der Waals surface area contributed by atoms with Gasteiger partial charge >= 0.3 is 8.56 Å². The highest BCUT2D eigenvalue weighted by molar-refractivity contribution is 6.67. The molecule has 0 spiro atoms. The molecule has 0 aliphatic heterocycles. The molecule has 0 aliphatic carbocycles. The summed E-state index contributed by atoms with van der Waals surface area (Å²) in [6, 6.07) is 2.14. The van der Waals surface area contributed by atoms with Gasteiger partial charge in [-0.3, -0.25) is 0 Å². The van der Waals surface area contributed by atoms with Crippen LogP contribution in [0.2, 0.25) is 12.1 Å². The van der Waals surface area contributed by atoms with Gasteiger partial charge in [-0.2, -0.15) is 0 Å². The Bertz CT molecular complexity index is 158. The molecule has 3 heteroatoms. The molecule has 16 heavy (non-hydrogen) atoms.